The van der Waals surface area contributed by atoms with E-state index in [2.05, 4.69) is 85.8 Å². The van der Waals surface area contributed by atoms with E-state index in [-0.39, 0.29) is 0 Å². The summed E-state index contributed by atoms with van der Waals surface area (Å²) in [6, 6.07) is 33.5. The maximum Gasteiger partial charge on any atom is 0.0788 e. The van der Waals surface area contributed by atoms with Crippen LogP contribution in [0.2, 0.25) is 0 Å². The van der Waals surface area contributed by atoms with Crippen LogP contribution in [-0.2, 0) is 0 Å². The van der Waals surface area contributed by atoms with E-state index in [1.807, 2.05) is 18.2 Å². The molecule has 0 aliphatic carbocycles. The summed E-state index contributed by atoms with van der Waals surface area (Å²) in [4.78, 5) is 5.09. The first-order chi connectivity index (χ1) is 12.3. The predicted molar refractivity (Wildman–Crippen MR) is 105 cm³/mol. The van der Waals surface area contributed by atoms with Gasteiger partial charge in [0.25, 0.3) is 0 Å². The molecular formula is C24H19N. The highest BCUT2D eigenvalue weighted by molar-refractivity contribution is 5.84. The molecule has 0 spiro atoms. The molecule has 120 valence electrons. The van der Waals surface area contributed by atoms with Crippen molar-refractivity contribution < 1.29 is 0 Å². The molecule has 1 aromatic heterocycles. The number of aromatic nitrogens is 1. The largest absolute Gasteiger partial charge is 0.247 e. The molecule has 0 aliphatic heterocycles. The quantitative estimate of drug-likeness (QED) is 0.426. The van der Waals surface area contributed by atoms with E-state index in [0.29, 0.717) is 0 Å². The Morgan fingerprint density at radius 3 is 1.48 bits per heavy atom. The summed E-state index contributed by atoms with van der Waals surface area (Å²) in [5.41, 5.74) is 7.90. The minimum atomic E-state index is 1.02. The summed E-state index contributed by atoms with van der Waals surface area (Å²) in [6.07, 6.45) is 0. The minimum absolute atomic E-state index is 1.02. The predicted octanol–water partition coefficient (Wildman–Crippen LogP) is 6.39. The highest BCUT2D eigenvalue weighted by atomic mass is 14.7. The zero-order chi connectivity index (χ0) is 17.1. The minimum Gasteiger partial charge on any atom is -0.247 e. The Morgan fingerprint density at radius 1 is 0.520 bits per heavy atom. The fourth-order valence-electron chi connectivity index (χ4n) is 3.16. The lowest BCUT2D eigenvalue weighted by molar-refractivity contribution is 1.27. The Balaban J connectivity index is 1.98. The van der Waals surface area contributed by atoms with Crippen LogP contribution in [0.1, 0.15) is 5.56 Å². The fraction of sp³-hybridized carbons (Fsp3) is 0.0417. The molecule has 0 fully saturated rings. The Hall–Kier alpha value is -3.19. The van der Waals surface area contributed by atoms with Crippen LogP contribution in [0.3, 0.4) is 0 Å². The lowest BCUT2D eigenvalue weighted by Crippen LogP contribution is -1.96. The molecule has 1 nitrogen and oxygen atoms in total. The van der Waals surface area contributed by atoms with Gasteiger partial charge in [0.15, 0.2) is 0 Å². The molecule has 0 aliphatic rings. The standard InChI is InChI=1S/C24H19N/c1-18-17-22(19-11-5-2-6-12-19)24(21-15-9-4-10-16-21)25-23(18)20-13-7-3-8-14-20/h2-17H,1H3. The maximum absolute atomic E-state index is 5.09. The summed E-state index contributed by atoms with van der Waals surface area (Å²) in [7, 11) is 0. The van der Waals surface area contributed by atoms with Crippen LogP contribution >= 0.6 is 0 Å². The third-order valence-corrected chi connectivity index (χ3v) is 4.39. The van der Waals surface area contributed by atoms with Gasteiger partial charge >= 0.3 is 0 Å². The van der Waals surface area contributed by atoms with E-state index in [1.165, 1.54) is 16.7 Å². The second-order valence-corrected chi connectivity index (χ2v) is 6.15. The highest BCUT2D eigenvalue weighted by Crippen LogP contribution is 2.34. The molecule has 0 saturated carbocycles. The molecule has 4 rings (SSSR count). The number of benzene rings is 3. The molecule has 0 bridgehead atoms. The topological polar surface area (TPSA) is 12.9 Å². The van der Waals surface area contributed by atoms with Crippen LogP contribution in [0.15, 0.2) is 97.1 Å². The van der Waals surface area contributed by atoms with E-state index in [0.717, 1.165) is 22.5 Å². The lowest BCUT2D eigenvalue weighted by Gasteiger charge is -2.14. The average Bonchev–Trinajstić information content (AvgIpc) is 2.70. The van der Waals surface area contributed by atoms with Crippen molar-refractivity contribution in [3.63, 3.8) is 0 Å². The average molecular weight is 321 g/mol. The number of pyridine rings is 1. The molecule has 0 N–H and O–H groups in total. The van der Waals surface area contributed by atoms with Gasteiger partial charge in [-0.05, 0) is 24.1 Å². The van der Waals surface area contributed by atoms with Crippen molar-refractivity contribution in [3.8, 4) is 33.6 Å². The summed E-state index contributed by atoms with van der Waals surface area (Å²) in [5.74, 6) is 0. The molecule has 1 heterocycles. The van der Waals surface area contributed by atoms with Gasteiger partial charge in [0.1, 0.15) is 0 Å². The van der Waals surface area contributed by atoms with Gasteiger partial charge in [-0.2, -0.15) is 0 Å². The molecule has 3 aromatic carbocycles. The van der Waals surface area contributed by atoms with E-state index < -0.39 is 0 Å². The van der Waals surface area contributed by atoms with Crippen molar-refractivity contribution in [1.29, 1.82) is 0 Å². The van der Waals surface area contributed by atoms with Gasteiger partial charge in [0, 0.05) is 16.7 Å². The SMILES string of the molecule is Cc1cc(-c2ccccc2)c(-c2ccccc2)nc1-c1ccccc1. The Morgan fingerprint density at radius 2 is 0.960 bits per heavy atom. The van der Waals surface area contributed by atoms with Gasteiger partial charge in [-0.1, -0.05) is 91.0 Å². The molecule has 0 atom stereocenters. The molecule has 1 heteroatoms. The molecule has 0 unspecified atom stereocenters. The summed E-state index contributed by atoms with van der Waals surface area (Å²) < 4.78 is 0. The molecular weight excluding hydrogens is 302 g/mol. The van der Waals surface area contributed by atoms with Gasteiger partial charge in [-0.3, -0.25) is 0 Å². The second-order valence-electron chi connectivity index (χ2n) is 6.15. The van der Waals surface area contributed by atoms with E-state index in [1.54, 1.807) is 0 Å². The zero-order valence-electron chi connectivity index (χ0n) is 14.2. The third-order valence-electron chi connectivity index (χ3n) is 4.39. The number of rotatable bonds is 3. The first-order valence-electron chi connectivity index (χ1n) is 8.51. The molecule has 0 radical (unpaired) electrons. The smallest absolute Gasteiger partial charge is 0.0788 e. The van der Waals surface area contributed by atoms with Crippen molar-refractivity contribution >= 4 is 0 Å². The third kappa shape index (κ3) is 3.09. The van der Waals surface area contributed by atoms with Crippen molar-refractivity contribution in [2.24, 2.45) is 0 Å². The van der Waals surface area contributed by atoms with E-state index in [4.69, 9.17) is 4.98 Å². The number of hydrogen-bond donors (Lipinski definition) is 0. The lowest BCUT2D eigenvalue weighted by atomic mass is 9.95. The molecule has 0 amide bonds. The Kier molecular flexibility index (Phi) is 4.14. The van der Waals surface area contributed by atoms with Crippen LogP contribution < -0.4 is 0 Å². The molecule has 25 heavy (non-hydrogen) atoms. The first kappa shape index (κ1) is 15.3. The number of hydrogen-bond acceptors (Lipinski definition) is 1. The van der Waals surface area contributed by atoms with E-state index in [9.17, 15) is 0 Å². The van der Waals surface area contributed by atoms with Crippen LogP contribution in [0.25, 0.3) is 33.6 Å². The van der Waals surface area contributed by atoms with E-state index >= 15 is 0 Å². The van der Waals surface area contributed by atoms with Crippen molar-refractivity contribution in [2.45, 2.75) is 6.92 Å². The van der Waals surface area contributed by atoms with Crippen molar-refractivity contribution in [1.82, 2.24) is 4.98 Å². The fourth-order valence-corrected chi connectivity index (χ4v) is 3.16. The maximum atomic E-state index is 5.09. The van der Waals surface area contributed by atoms with Gasteiger partial charge in [0.2, 0.25) is 0 Å². The second kappa shape index (κ2) is 6.74. The van der Waals surface area contributed by atoms with Crippen LogP contribution in [0.4, 0.5) is 0 Å². The Labute approximate surface area is 148 Å². The summed E-state index contributed by atoms with van der Waals surface area (Å²) >= 11 is 0. The highest BCUT2D eigenvalue weighted by Gasteiger charge is 2.13. The Bertz CT molecular complexity index is 974. The van der Waals surface area contributed by atoms with Crippen LogP contribution in [0.5, 0.6) is 0 Å². The van der Waals surface area contributed by atoms with Crippen LogP contribution in [0, 0.1) is 6.92 Å². The van der Waals surface area contributed by atoms with Crippen LogP contribution in [-0.4, -0.2) is 4.98 Å². The van der Waals surface area contributed by atoms with Gasteiger partial charge in [-0.15, -0.1) is 0 Å². The number of aryl methyl sites for hydroxylation is 1. The van der Waals surface area contributed by atoms with Gasteiger partial charge in [0.05, 0.1) is 11.4 Å². The summed E-state index contributed by atoms with van der Waals surface area (Å²) in [6.45, 7) is 2.14. The van der Waals surface area contributed by atoms with Gasteiger partial charge in [-0.25, -0.2) is 4.98 Å². The molecule has 0 saturated heterocycles. The zero-order valence-corrected chi connectivity index (χ0v) is 14.2. The molecule has 4 aromatic rings. The normalized spacial score (nSPS) is 10.6. The number of nitrogens with zero attached hydrogens (tertiary/aromatic N) is 1. The summed E-state index contributed by atoms with van der Waals surface area (Å²) in [5, 5.41) is 0. The monoisotopic (exact) mass is 321 g/mol. The van der Waals surface area contributed by atoms with Crippen molar-refractivity contribution in [2.75, 3.05) is 0 Å². The van der Waals surface area contributed by atoms with Crippen molar-refractivity contribution in [3.05, 3.63) is 103 Å². The van der Waals surface area contributed by atoms with Gasteiger partial charge < -0.3 is 0 Å². The first-order valence-corrected chi connectivity index (χ1v) is 8.51.